The Bertz CT molecular complexity index is 1010. The van der Waals surface area contributed by atoms with Gasteiger partial charge < -0.3 is 9.64 Å². The monoisotopic (exact) mass is 391 g/mol. The number of amides is 1. The van der Waals surface area contributed by atoms with E-state index >= 15 is 0 Å². The second-order valence-electron chi connectivity index (χ2n) is 7.10. The molecule has 0 N–H and O–H groups in total. The van der Waals surface area contributed by atoms with Gasteiger partial charge in [-0.15, -0.1) is 0 Å². The zero-order valence-corrected chi connectivity index (χ0v) is 16.2. The lowest BCUT2D eigenvalue weighted by Gasteiger charge is -2.32. The van der Waals surface area contributed by atoms with Gasteiger partial charge in [0.1, 0.15) is 11.6 Å². The first-order valence-electron chi connectivity index (χ1n) is 9.67. The summed E-state index contributed by atoms with van der Waals surface area (Å²) < 4.78 is 19.2. The number of nitrogens with zero attached hydrogens (tertiary/aromatic N) is 3. The molecule has 3 aromatic rings. The van der Waals surface area contributed by atoms with Crippen molar-refractivity contribution in [1.82, 2.24) is 14.9 Å². The molecule has 2 aromatic carbocycles. The molecule has 0 radical (unpaired) electrons. The van der Waals surface area contributed by atoms with Gasteiger partial charge in [0.2, 0.25) is 0 Å². The van der Waals surface area contributed by atoms with Gasteiger partial charge in [0, 0.05) is 36.5 Å². The van der Waals surface area contributed by atoms with Gasteiger partial charge in [-0.1, -0.05) is 12.1 Å². The highest BCUT2D eigenvalue weighted by atomic mass is 19.1. The van der Waals surface area contributed by atoms with Gasteiger partial charge in [0.05, 0.1) is 12.7 Å². The van der Waals surface area contributed by atoms with Crippen molar-refractivity contribution in [3.05, 3.63) is 77.9 Å². The highest BCUT2D eigenvalue weighted by Gasteiger charge is 2.27. The van der Waals surface area contributed by atoms with Gasteiger partial charge in [-0.05, 0) is 55.3 Å². The van der Waals surface area contributed by atoms with Gasteiger partial charge >= 0.3 is 0 Å². The van der Waals surface area contributed by atoms with Crippen LogP contribution >= 0.6 is 0 Å². The molecule has 4 rings (SSSR count). The van der Waals surface area contributed by atoms with E-state index in [1.807, 2.05) is 30.3 Å². The van der Waals surface area contributed by atoms with E-state index < -0.39 is 5.82 Å². The molecule has 0 unspecified atom stereocenters. The number of ether oxygens (including phenoxy) is 1. The predicted molar refractivity (Wildman–Crippen MR) is 108 cm³/mol. The Morgan fingerprint density at radius 2 is 1.93 bits per heavy atom. The van der Waals surface area contributed by atoms with Crippen molar-refractivity contribution in [2.45, 2.75) is 18.8 Å². The second-order valence-corrected chi connectivity index (χ2v) is 7.10. The van der Waals surface area contributed by atoms with Crippen LogP contribution in [0, 0.1) is 5.82 Å². The van der Waals surface area contributed by atoms with E-state index in [4.69, 9.17) is 9.72 Å². The van der Waals surface area contributed by atoms with Crippen molar-refractivity contribution in [3.8, 4) is 17.1 Å². The molecule has 1 atom stereocenters. The van der Waals surface area contributed by atoms with Crippen molar-refractivity contribution < 1.29 is 13.9 Å². The number of likely N-dealkylation sites (tertiary alicyclic amines) is 1. The summed E-state index contributed by atoms with van der Waals surface area (Å²) in [5, 5.41) is 0. The van der Waals surface area contributed by atoms with Crippen LogP contribution in [0.4, 0.5) is 4.39 Å². The lowest BCUT2D eigenvalue weighted by Crippen LogP contribution is -2.39. The normalized spacial score (nSPS) is 16.5. The third-order valence-corrected chi connectivity index (χ3v) is 5.26. The maximum Gasteiger partial charge on any atom is 0.256 e. The molecule has 148 valence electrons. The molecule has 0 aliphatic carbocycles. The SMILES string of the molecule is COc1ccc(-c2nccc([C@@H]3CCCN(C(=O)c4ccccc4F)C3)n2)cc1. The molecular formula is C23H22FN3O2. The van der Waals surface area contributed by atoms with E-state index in [-0.39, 0.29) is 17.4 Å². The fraction of sp³-hybridized carbons (Fsp3) is 0.261. The third kappa shape index (κ3) is 4.11. The summed E-state index contributed by atoms with van der Waals surface area (Å²) in [7, 11) is 1.63. The van der Waals surface area contributed by atoms with Crippen LogP contribution in [0.5, 0.6) is 5.75 Å². The highest BCUT2D eigenvalue weighted by molar-refractivity contribution is 5.94. The largest absolute Gasteiger partial charge is 0.497 e. The lowest BCUT2D eigenvalue weighted by atomic mass is 9.94. The minimum absolute atomic E-state index is 0.0967. The standard InChI is InChI=1S/C23H22FN3O2/c1-29-18-10-8-16(9-11-18)22-25-13-12-21(26-22)17-5-4-14-27(15-17)23(28)19-6-2-3-7-20(19)24/h2-3,6-13,17H,4-5,14-15H2,1H3/t17-/m1/s1. The molecule has 1 fully saturated rings. The summed E-state index contributed by atoms with van der Waals surface area (Å²) in [4.78, 5) is 23.6. The smallest absolute Gasteiger partial charge is 0.256 e. The zero-order chi connectivity index (χ0) is 20.2. The number of carbonyl (C=O) groups is 1. The van der Waals surface area contributed by atoms with E-state index in [9.17, 15) is 9.18 Å². The molecule has 0 spiro atoms. The molecule has 1 amide bonds. The molecule has 5 nitrogen and oxygen atoms in total. The lowest BCUT2D eigenvalue weighted by molar-refractivity contribution is 0.0701. The van der Waals surface area contributed by atoms with Crippen molar-refractivity contribution >= 4 is 5.91 Å². The topological polar surface area (TPSA) is 55.3 Å². The van der Waals surface area contributed by atoms with Crippen LogP contribution in [0.3, 0.4) is 0 Å². The van der Waals surface area contributed by atoms with Crippen molar-refractivity contribution in [1.29, 1.82) is 0 Å². The van der Waals surface area contributed by atoms with Crippen LogP contribution in [0.15, 0.2) is 60.8 Å². The molecule has 0 bridgehead atoms. The van der Waals surface area contributed by atoms with Crippen LogP contribution in [-0.2, 0) is 0 Å². The van der Waals surface area contributed by atoms with Gasteiger partial charge in [0.15, 0.2) is 5.82 Å². The molecule has 2 heterocycles. The summed E-state index contributed by atoms with van der Waals surface area (Å²) in [6, 6.07) is 15.6. The van der Waals surface area contributed by atoms with Gasteiger partial charge in [-0.2, -0.15) is 0 Å². The third-order valence-electron chi connectivity index (χ3n) is 5.26. The number of methoxy groups -OCH3 is 1. The van der Waals surface area contributed by atoms with E-state index in [1.165, 1.54) is 12.1 Å². The van der Waals surface area contributed by atoms with Crippen LogP contribution in [0.1, 0.15) is 34.8 Å². The average molecular weight is 391 g/mol. The summed E-state index contributed by atoms with van der Waals surface area (Å²) in [6.07, 6.45) is 3.53. The molecular weight excluding hydrogens is 369 g/mol. The van der Waals surface area contributed by atoms with E-state index in [2.05, 4.69) is 4.98 Å². The Hall–Kier alpha value is -3.28. The highest BCUT2D eigenvalue weighted by Crippen LogP contribution is 2.28. The number of carbonyl (C=O) groups excluding carboxylic acids is 1. The first kappa shape index (κ1) is 19.1. The van der Waals surface area contributed by atoms with E-state index in [1.54, 1.807) is 30.3 Å². The maximum absolute atomic E-state index is 14.0. The Balaban J connectivity index is 1.54. The zero-order valence-electron chi connectivity index (χ0n) is 16.2. The number of halogens is 1. The number of rotatable bonds is 4. The van der Waals surface area contributed by atoms with Crippen LogP contribution < -0.4 is 4.74 Å². The van der Waals surface area contributed by atoms with E-state index in [0.717, 1.165) is 29.8 Å². The Morgan fingerprint density at radius 3 is 2.69 bits per heavy atom. The number of hydrogen-bond acceptors (Lipinski definition) is 4. The van der Waals surface area contributed by atoms with E-state index in [0.29, 0.717) is 18.9 Å². The minimum atomic E-state index is -0.483. The van der Waals surface area contributed by atoms with Gasteiger partial charge in [0.25, 0.3) is 5.91 Å². The molecule has 1 aromatic heterocycles. The maximum atomic E-state index is 14.0. The molecule has 6 heteroatoms. The van der Waals surface area contributed by atoms with Gasteiger partial charge in [-0.25, -0.2) is 14.4 Å². The first-order valence-corrected chi connectivity index (χ1v) is 9.67. The molecule has 29 heavy (non-hydrogen) atoms. The average Bonchev–Trinajstić information content (AvgIpc) is 2.79. The number of piperidine rings is 1. The van der Waals surface area contributed by atoms with Crippen LogP contribution in [-0.4, -0.2) is 41.0 Å². The number of aromatic nitrogens is 2. The minimum Gasteiger partial charge on any atom is -0.497 e. The fourth-order valence-electron chi connectivity index (χ4n) is 3.69. The molecule has 0 saturated carbocycles. The summed E-state index contributed by atoms with van der Waals surface area (Å²) in [5.41, 5.74) is 1.93. The number of hydrogen-bond donors (Lipinski definition) is 0. The Morgan fingerprint density at radius 1 is 1.14 bits per heavy atom. The summed E-state index contributed by atoms with van der Waals surface area (Å²) >= 11 is 0. The van der Waals surface area contributed by atoms with Crippen molar-refractivity contribution in [3.63, 3.8) is 0 Å². The fourth-order valence-corrected chi connectivity index (χ4v) is 3.69. The van der Waals surface area contributed by atoms with Crippen LogP contribution in [0.2, 0.25) is 0 Å². The predicted octanol–water partition coefficient (Wildman–Crippen LogP) is 4.31. The molecule has 1 aliphatic heterocycles. The Kier molecular flexibility index (Phi) is 5.51. The Labute approximate surface area is 169 Å². The van der Waals surface area contributed by atoms with Crippen molar-refractivity contribution in [2.75, 3.05) is 20.2 Å². The number of benzene rings is 2. The van der Waals surface area contributed by atoms with Gasteiger partial charge in [-0.3, -0.25) is 4.79 Å². The summed E-state index contributed by atoms with van der Waals surface area (Å²) in [6.45, 7) is 1.15. The molecule has 1 saturated heterocycles. The first-order chi connectivity index (χ1) is 14.2. The van der Waals surface area contributed by atoms with Crippen molar-refractivity contribution in [2.24, 2.45) is 0 Å². The molecule has 1 aliphatic rings. The summed E-state index contributed by atoms with van der Waals surface area (Å²) in [5.74, 6) is 0.766. The second kappa shape index (κ2) is 8.39. The quantitative estimate of drug-likeness (QED) is 0.665. The van der Waals surface area contributed by atoms with Crippen LogP contribution in [0.25, 0.3) is 11.4 Å².